The van der Waals surface area contributed by atoms with Crippen LogP contribution in [0.5, 0.6) is 0 Å². The molecule has 11 heteroatoms. The molecule has 260 valence electrons. The van der Waals surface area contributed by atoms with Gasteiger partial charge in [0.25, 0.3) is 0 Å². The first kappa shape index (κ1) is 34.2. The molecular weight excluding hydrogens is 606 g/mol. The average Bonchev–Trinajstić information content (AvgIpc) is 3.29. The summed E-state index contributed by atoms with van der Waals surface area (Å²) in [7, 11) is 0. The maximum absolute atomic E-state index is 14.0. The van der Waals surface area contributed by atoms with E-state index in [1.165, 1.54) is 11.1 Å². The third-order valence-electron chi connectivity index (χ3n) is 10.7. The number of urea groups is 1. The second kappa shape index (κ2) is 16.2. The van der Waals surface area contributed by atoms with Crippen LogP contribution in [0, 0.1) is 0 Å². The fourth-order valence-corrected chi connectivity index (χ4v) is 7.88. The van der Waals surface area contributed by atoms with E-state index >= 15 is 0 Å². The van der Waals surface area contributed by atoms with E-state index in [-0.39, 0.29) is 18.0 Å². The number of carbonyl (C=O) groups is 3. The van der Waals surface area contributed by atoms with Gasteiger partial charge in [0.1, 0.15) is 6.04 Å². The van der Waals surface area contributed by atoms with Crippen LogP contribution in [0.25, 0.3) is 0 Å². The van der Waals surface area contributed by atoms with E-state index in [9.17, 15) is 14.4 Å². The van der Waals surface area contributed by atoms with Crippen molar-refractivity contribution in [1.29, 1.82) is 0 Å². The van der Waals surface area contributed by atoms with Gasteiger partial charge in [0.15, 0.2) is 0 Å². The summed E-state index contributed by atoms with van der Waals surface area (Å²) >= 11 is 0. The molecule has 48 heavy (non-hydrogen) atoms. The molecule has 0 spiro atoms. The van der Waals surface area contributed by atoms with Gasteiger partial charge < -0.3 is 30.6 Å². The smallest absolute Gasteiger partial charge is 0.351 e. The van der Waals surface area contributed by atoms with E-state index in [0.29, 0.717) is 58.0 Å². The number of hydrogen-bond donors (Lipinski definition) is 3. The lowest BCUT2D eigenvalue weighted by molar-refractivity contribution is -0.137. The summed E-state index contributed by atoms with van der Waals surface area (Å²) in [5.41, 5.74) is 5.66. The molecule has 3 fully saturated rings. The van der Waals surface area contributed by atoms with Crippen molar-refractivity contribution in [2.24, 2.45) is 0 Å². The van der Waals surface area contributed by atoms with Gasteiger partial charge in [-0.3, -0.25) is 9.69 Å². The number of para-hydroxylation sites is 1. The summed E-state index contributed by atoms with van der Waals surface area (Å²) in [5.74, 6) is -0.0543. The molecule has 0 bridgehead atoms. The van der Waals surface area contributed by atoms with Crippen LogP contribution in [0.3, 0.4) is 0 Å². The second-order valence-corrected chi connectivity index (χ2v) is 13.6. The Hall–Kier alpha value is -3.67. The first-order valence-electron chi connectivity index (χ1n) is 18.1. The van der Waals surface area contributed by atoms with E-state index in [4.69, 9.17) is 4.84 Å². The van der Waals surface area contributed by atoms with Gasteiger partial charge >= 0.3 is 12.1 Å². The quantitative estimate of drug-likeness (QED) is 0.376. The molecule has 3 saturated heterocycles. The van der Waals surface area contributed by atoms with E-state index in [1.54, 1.807) is 5.06 Å². The van der Waals surface area contributed by atoms with Crippen LogP contribution in [-0.4, -0.2) is 115 Å². The molecule has 3 N–H and O–H groups in total. The minimum absolute atomic E-state index is 0.0543. The Morgan fingerprint density at radius 3 is 2.33 bits per heavy atom. The highest BCUT2D eigenvalue weighted by Gasteiger charge is 2.34. The lowest BCUT2D eigenvalue weighted by atomic mass is 9.96. The zero-order valence-corrected chi connectivity index (χ0v) is 28.7. The Labute approximate surface area is 285 Å². The molecule has 2 aromatic rings. The van der Waals surface area contributed by atoms with Gasteiger partial charge in [0.2, 0.25) is 5.91 Å². The fraction of sp³-hybridized carbons (Fsp3) is 0.595. The molecule has 0 radical (unpaired) electrons. The largest absolute Gasteiger partial charge is 0.426 e. The summed E-state index contributed by atoms with van der Waals surface area (Å²) < 4.78 is 0. The molecule has 4 aliphatic rings. The topological polar surface area (TPSA) is 109 Å². The van der Waals surface area contributed by atoms with Crippen molar-refractivity contribution < 1.29 is 19.2 Å². The fourth-order valence-electron chi connectivity index (χ4n) is 7.88. The van der Waals surface area contributed by atoms with Crippen molar-refractivity contribution in [1.82, 2.24) is 30.4 Å². The number of carbonyl (C=O) groups excluding carboxylic acids is 3. The Morgan fingerprint density at radius 1 is 0.875 bits per heavy atom. The van der Waals surface area contributed by atoms with Gasteiger partial charge in [-0.25, -0.2) is 9.59 Å². The highest BCUT2D eigenvalue weighted by atomic mass is 16.7. The van der Waals surface area contributed by atoms with E-state index in [0.717, 1.165) is 75.1 Å². The zero-order valence-electron chi connectivity index (χ0n) is 28.7. The SMILES string of the molecule is CCc1ccc(C[C@@H](NC(=O)ON2CCC(N3CCc4ccccc4NC3=O)CC2)C(=O)N2CCN(C3CCNCC3)CC2)cc1CC. The van der Waals surface area contributed by atoms with E-state index in [2.05, 4.69) is 59.0 Å². The van der Waals surface area contributed by atoms with Crippen molar-refractivity contribution >= 4 is 23.7 Å². The Balaban J connectivity index is 1.05. The number of anilines is 1. The van der Waals surface area contributed by atoms with Gasteiger partial charge in [-0.2, -0.15) is 0 Å². The Kier molecular flexibility index (Phi) is 11.5. The van der Waals surface area contributed by atoms with Crippen molar-refractivity contribution in [2.75, 3.05) is 64.2 Å². The van der Waals surface area contributed by atoms with Gasteiger partial charge in [-0.1, -0.05) is 50.2 Å². The standard InChI is InChI=1S/C37H53N7O4/c1-3-28-10-9-27(25-29(28)4-2)26-34(35(45)42-23-21-41(22-24-42)31-11-16-38-17-12-31)40-37(47)48-43-18-14-32(15-19-43)44-20-13-30-7-5-6-8-33(30)39-36(44)46/h5-10,25,31-32,34,38H,3-4,11-24,26H2,1-2H3,(H,39,46)(H,40,47)/t34-/m1/s1. The first-order valence-corrected chi connectivity index (χ1v) is 18.1. The predicted octanol–water partition coefficient (Wildman–Crippen LogP) is 3.81. The molecule has 1 atom stereocenters. The van der Waals surface area contributed by atoms with Crippen LogP contribution in [0.1, 0.15) is 61.8 Å². The monoisotopic (exact) mass is 659 g/mol. The molecule has 4 heterocycles. The molecule has 4 aliphatic heterocycles. The maximum atomic E-state index is 14.0. The molecule has 0 saturated carbocycles. The Morgan fingerprint density at radius 2 is 1.60 bits per heavy atom. The summed E-state index contributed by atoms with van der Waals surface area (Å²) in [4.78, 5) is 52.6. The van der Waals surface area contributed by atoms with Crippen molar-refractivity contribution in [2.45, 2.75) is 83.3 Å². The third kappa shape index (κ3) is 8.30. The highest BCUT2D eigenvalue weighted by Crippen LogP contribution is 2.25. The number of nitrogens with one attached hydrogen (secondary N) is 3. The molecule has 4 amide bonds. The van der Waals surface area contributed by atoms with Crippen LogP contribution in [0.2, 0.25) is 0 Å². The van der Waals surface area contributed by atoms with Gasteiger partial charge in [0, 0.05) is 70.0 Å². The lowest BCUT2D eigenvalue weighted by Crippen LogP contribution is -2.58. The number of nitrogens with zero attached hydrogens (tertiary/aromatic N) is 4. The lowest BCUT2D eigenvalue weighted by Gasteiger charge is -2.41. The minimum atomic E-state index is -0.722. The number of piperazine rings is 1. The molecule has 11 nitrogen and oxygen atoms in total. The number of hydroxylamine groups is 2. The number of aryl methyl sites for hydroxylation is 2. The summed E-state index contributed by atoms with van der Waals surface area (Å²) in [5, 5.41) is 11.1. The predicted molar refractivity (Wildman–Crippen MR) is 187 cm³/mol. The van der Waals surface area contributed by atoms with Crippen LogP contribution >= 0.6 is 0 Å². The maximum Gasteiger partial charge on any atom is 0.426 e. The molecule has 0 unspecified atom stereocenters. The highest BCUT2D eigenvalue weighted by molar-refractivity contribution is 5.91. The number of amides is 4. The van der Waals surface area contributed by atoms with Gasteiger partial charge in [-0.05, 0) is 86.4 Å². The summed E-state index contributed by atoms with van der Waals surface area (Å²) in [6.45, 7) is 11.1. The molecule has 0 aliphatic carbocycles. The van der Waals surface area contributed by atoms with Crippen molar-refractivity contribution in [3.8, 4) is 0 Å². The van der Waals surface area contributed by atoms with Crippen LogP contribution in [0.4, 0.5) is 15.3 Å². The van der Waals surface area contributed by atoms with Gasteiger partial charge in [-0.15, -0.1) is 5.06 Å². The van der Waals surface area contributed by atoms with Crippen molar-refractivity contribution in [3.05, 3.63) is 64.7 Å². The van der Waals surface area contributed by atoms with Gasteiger partial charge in [0.05, 0.1) is 0 Å². The summed E-state index contributed by atoms with van der Waals surface area (Å²) in [6.07, 6.45) is 6.18. The normalized spacial score (nSPS) is 20.8. The number of fused-ring (bicyclic) bond motifs is 1. The van der Waals surface area contributed by atoms with E-state index < -0.39 is 12.1 Å². The number of rotatable bonds is 9. The van der Waals surface area contributed by atoms with Crippen molar-refractivity contribution in [3.63, 3.8) is 0 Å². The minimum Gasteiger partial charge on any atom is -0.351 e. The Bertz CT molecular complexity index is 1410. The molecule has 2 aromatic carbocycles. The molecular formula is C37H53N7O4. The van der Waals surface area contributed by atoms with Crippen LogP contribution in [0.15, 0.2) is 42.5 Å². The number of benzene rings is 2. The summed E-state index contributed by atoms with van der Waals surface area (Å²) in [6, 6.07) is 14.2. The average molecular weight is 660 g/mol. The number of hydrogen-bond acceptors (Lipinski definition) is 7. The van der Waals surface area contributed by atoms with Crippen LogP contribution < -0.4 is 16.0 Å². The molecule has 6 rings (SSSR count). The zero-order chi connectivity index (χ0) is 33.5. The third-order valence-corrected chi connectivity index (χ3v) is 10.7. The van der Waals surface area contributed by atoms with E-state index in [1.807, 2.05) is 28.0 Å². The second-order valence-electron chi connectivity index (χ2n) is 13.6. The number of piperidine rings is 2. The first-order chi connectivity index (χ1) is 23.4. The molecule has 0 aromatic heterocycles. The van der Waals surface area contributed by atoms with Crippen LogP contribution in [-0.2, 0) is 35.3 Å².